The number of aromatic amines is 1. The number of aromatic nitrogens is 2. The van der Waals surface area contributed by atoms with Crippen LogP contribution in [0.4, 0.5) is 4.39 Å². The van der Waals surface area contributed by atoms with Gasteiger partial charge in [0.05, 0.1) is 21.6 Å². The fraction of sp³-hybridized carbons (Fsp3) is 0.0588. The molecule has 0 fully saturated rings. The van der Waals surface area contributed by atoms with Crippen molar-refractivity contribution in [3.05, 3.63) is 64.2 Å². The number of imidazole rings is 1. The molecule has 0 aliphatic rings. The van der Waals surface area contributed by atoms with E-state index in [9.17, 15) is 9.65 Å². The van der Waals surface area contributed by atoms with Gasteiger partial charge in [0, 0.05) is 5.56 Å². The molecular weight excluding hydrogens is 301 g/mol. The molecule has 1 N–H and O–H groups in total. The number of aryl methyl sites for hydroxylation is 1. The third-order valence-corrected chi connectivity index (χ3v) is 3.63. The summed E-state index contributed by atoms with van der Waals surface area (Å²) in [5.74, 6) is -0.0883. The fourth-order valence-corrected chi connectivity index (χ4v) is 2.42. The number of benzene rings is 2. The molecule has 0 aliphatic heterocycles. The predicted octanol–water partition coefficient (Wildman–Crippen LogP) is 4.73. The van der Waals surface area contributed by atoms with E-state index in [1.54, 1.807) is 6.07 Å². The third kappa shape index (κ3) is 2.59. The lowest BCUT2D eigenvalue weighted by molar-refractivity contribution is 0.625. The van der Waals surface area contributed by atoms with E-state index in [0.717, 1.165) is 16.6 Å². The van der Waals surface area contributed by atoms with Crippen LogP contribution in [0.1, 0.15) is 17.0 Å². The summed E-state index contributed by atoms with van der Waals surface area (Å²) in [6, 6.07) is 12.2. The molecule has 108 valence electrons. The number of allylic oxidation sites excluding steroid dienone is 1. The Kier molecular flexibility index (Phi) is 3.66. The minimum Gasteiger partial charge on any atom is -0.337 e. The van der Waals surface area contributed by atoms with E-state index in [-0.39, 0.29) is 16.2 Å². The largest absolute Gasteiger partial charge is 0.337 e. The van der Waals surface area contributed by atoms with Gasteiger partial charge in [0.2, 0.25) is 0 Å². The van der Waals surface area contributed by atoms with Crippen LogP contribution in [-0.2, 0) is 0 Å². The molecule has 0 radical (unpaired) electrons. The van der Waals surface area contributed by atoms with Crippen LogP contribution in [0.2, 0.25) is 5.02 Å². The van der Waals surface area contributed by atoms with E-state index < -0.39 is 5.82 Å². The molecule has 0 saturated heterocycles. The first-order valence-corrected chi connectivity index (χ1v) is 6.99. The van der Waals surface area contributed by atoms with Crippen molar-refractivity contribution < 1.29 is 4.39 Å². The highest BCUT2D eigenvalue weighted by Crippen LogP contribution is 2.25. The second-order valence-corrected chi connectivity index (χ2v) is 5.32. The fourth-order valence-electron chi connectivity index (χ4n) is 2.20. The van der Waals surface area contributed by atoms with Crippen LogP contribution < -0.4 is 0 Å². The van der Waals surface area contributed by atoms with E-state index in [1.807, 2.05) is 31.2 Å². The number of nitrogens with zero attached hydrogens (tertiary/aromatic N) is 2. The summed E-state index contributed by atoms with van der Waals surface area (Å²) in [6.07, 6.45) is 1.40. The normalized spacial score (nSPS) is 11.6. The molecule has 1 heterocycles. The summed E-state index contributed by atoms with van der Waals surface area (Å²) >= 11 is 5.99. The van der Waals surface area contributed by atoms with Crippen LogP contribution in [0.5, 0.6) is 0 Å². The summed E-state index contributed by atoms with van der Waals surface area (Å²) in [4.78, 5) is 7.45. The molecule has 0 saturated carbocycles. The Morgan fingerprint density at radius 2 is 2.18 bits per heavy atom. The zero-order chi connectivity index (χ0) is 15.7. The average molecular weight is 312 g/mol. The first kappa shape index (κ1) is 14.3. The number of halogens is 2. The molecule has 0 atom stereocenters. The van der Waals surface area contributed by atoms with Crippen LogP contribution >= 0.6 is 11.6 Å². The zero-order valence-corrected chi connectivity index (χ0v) is 12.4. The number of nitrogens with one attached hydrogen (secondary N) is 1. The highest BCUT2D eigenvalue weighted by atomic mass is 35.5. The number of hydrogen-bond acceptors (Lipinski definition) is 2. The highest BCUT2D eigenvalue weighted by molar-refractivity contribution is 6.32. The SMILES string of the molecule is Cc1ccc2nc(C(C#N)=Cc3c(F)cccc3Cl)[nH]c2c1. The highest BCUT2D eigenvalue weighted by Gasteiger charge is 2.11. The first-order valence-electron chi connectivity index (χ1n) is 6.61. The van der Waals surface area contributed by atoms with Gasteiger partial charge in [-0.15, -0.1) is 0 Å². The maximum atomic E-state index is 13.9. The van der Waals surface area contributed by atoms with Crippen molar-refractivity contribution in [2.24, 2.45) is 0 Å². The van der Waals surface area contributed by atoms with Gasteiger partial charge in [0.25, 0.3) is 0 Å². The van der Waals surface area contributed by atoms with E-state index in [2.05, 4.69) is 9.97 Å². The van der Waals surface area contributed by atoms with Crippen molar-refractivity contribution in [3.63, 3.8) is 0 Å². The zero-order valence-electron chi connectivity index (χ0n) is 11.7. The molecule has 5 heteroatoms. The Labute approximate surface area is 131 Å². The van der Waals surface area contributed by atoms with Gasteiger partial charge >= 0.3 is 0 Å². The molecule has 3 nitrogen and oxygen atoms in total. The summed E-state index contributed by atoms with van der Waals surface area (Å²) in [5, 5.41) is 9.61. The second-order valence-electron chi connectivity index (χ2n) is 4.91. The molecule has 2 aromatic carbocycles. The van der Waals surface area contributed by atoms with Crippen molar-refractivity contribution in [1.29, 1.82) is 5.26 Å². The smallest absolute Gasteiger partial charge is 0.149 e. The van der Waals surface area contributed by atoms with Gasteiger partial charge < -0.3 is 4.98 Å². The molecule has 3 aromatic rings. The van der Waals surface area contributed by atoms with Gasteiger partial charge in [0.1, 0.15) is 17.7 Å². The van der Waals surface area contributed by atoms with Crippen molar-refractivity contribution in [1.82, 2.24) is 9.97 Å². The molecule has 0 unspecified atom stereocenters. The van der Waals surface area contributed by atoms with Crippen LogP contribution in [0.3, 0.4) is 0 Å². The number of rotatable bonds is 2. The molecule has 1 aromatic heterocycles. The Morgan fingerprint density at radius 3 is 2.91 bits per heavy atom. The molecule has 0 bridgehead atoms. The molecular formula is C17H11ClFN3. The minimum atomic E-state index is -0.479. The lowest BCUT2D eigenvalue weighted by Crippen LogP contribution is -1.88. The second kappa shape index (κ2) is 5.63. The van der Waals surface area contributed by atoms with Crippen LogP contribution in [0.25, 0.3) is 22.7 Å². The summed E-state index contributed by atoms with van der Waals surface area (Å²) in [7, 11) is 0. The Hall–Kier alpha value is -2.64. The third-order valence-electron chi connectivity index (χ3n) is 3.30. The van der Waals surface area contributed by atoms with Crippen LogP contribution in [-0.4, -0.2) is 9.97 Å². The number of fused-ring (bicyclic) bond motifs is 1. The van der Waals surface area contributed by atoms with Crippen molar-refractivity contribution in [2.45, 2.75) is 6.92 Å². The van der Waals surface area contributed by atoms with Gasteiger partial charge in [0.15, 0.2) is 0 Å². The Morgan fingerprint density at radius 1 is 1.36 bits per heavy atom. The Balaban J connectivity index is 2.14. The predicted molar refractivity (Wildman–Crippen MR) is 85.7 cm³/mol. The van der Waals surface area contributed by atoms with E-state index in [1.165, 1.54) is 18.2 Å². The molecule has 0 amide bonds. The average Bonchev–Trinajstić information content (AvgIpc) is 2.89. The Bertz CT molecular complexity index is 914. The quantitative estimate of drug-likeness (QED) is 0.696. The van der Waals surface area contributed by atoms with Gasteiger partial charge in [-0.25, -0.2) is 9.37 Å². The molecule has 0 aliphatic carbocycles. The standard InChI is InChI=1S/C17H11ClFN3/c1-10-5-6-15-16(7-10)22-17(21-15)11(9-20)8-12-13(18)3-2-4-14(12)19/h2-8H,1H3,(H,21,22). The molecule has 0 spiro atoms. The summed E-state index contributed by atoms with van der Waals surface area (Å²) in [5.41, 5.74) is 3.07. The first-order chi connectivity index (χ1) is 10.6. The van der Waals surface area contributed by atoms with E-state index >= 15 is 0 Å². The maximum Gasteiger partial charge on any atom is 0.149 e. The van der Waals surface area contributed by atoms with Crippen LogP contribution in [0, 0.1) is 24.1 Å². The van der Waals surface area contributed by atoms with Gasteiger partial charge in [-0.3, -0.25) is 0 Å². The van der Waals surface area contributed by atoms with Gasteiger partial charge in [-0.05, 0) is 42.8 Å². The summed E-state index contributed by atoms with van der Waals surface area (Å²) < 4.78 is 13.9. The summed E-state index contributed by atoms with van der Waals surface area (Å²) in [6.45, 7) is 1.97. The molecule has 3 rings (SSSR count). The van der Waals surface area contributed by atoms with Crippen molar-refractivity contribution in [3.8, 4) is 6.07 Å². The van der Waals surface area contributed by atoms with Gasteiger partial charge in [-0.2, -0.15) is 5.26 Å². The van der Waals surface area contributed by atoms with Crippen molar-refractivity contribution in [2.75, 3.05) is 0 Å². The molecule has 22 heavy (non-hydrogen) atoms. The van der Waals surface area contributed by atoms with Gasteiger partial charge in [-0.1, -0.05) is 23.7 Å². The number of nitriles is 1. The number of H-pyrrole nitrogens is 1. The monoisotopic (exact) mass is 311 g/mol. The van der Waals surface area contributed by atoms with E-state index in [4.69, 9.17) is 11.6 Å². The topological polar surface area (TPSA) is 52.5 Å². The van der Waals surface area contributed by atoms with Crippen LogP contribution in [0.15, 0.2) is 36.4 Å². The number of hydrogen-bond donors (Lipinski definition) is 1. The van der Waals surface area contributed by atoms with E-state index in [0.29, 0.717) is 5.82 Å². The lowest BCUT2D eigenvalue weighted by Gasteiger charge is -2.00. The lowest BCUT2D eigenvalue weighted by atomic mass is 10.1. The minimum absolute atomic E-state index is 0.178. The maximum absolute atomic E-state index is 13.9. The van der Waals surface area contributed by atoms with Crippen molar-refractivity contribution >= 4 is 34.3 Å².